The monoisotopic (exact) mass is 211 g/mol. The molecule has 0 fully saturated rings. The normalized spacial score (nSPS) is 10.7. The molecule has 0 aliphatic heterocycles. The molecule has 0 spiro atoms. The zero-order chi connectivity index (χ0) is 7.84. The summed E-state index contributed by atoms with van der Waals surface area (Å²) >= 11 is 3.35. The van der Waals surface area contributed by atoms with Crippen molar-refractivity contribution in [3.8, 4) is 0 Å². The van der Waals surface area contributed by atoms with Crippen LogP contribution in [0.4, 0.5) is 0 Å². The van der Waals surface area contributed by atoms with Crippen LogP contribution in [-0.4, -0.2) is 14.4 Å². The van der Waals surface area contributed by atoms with Gasteiger partial charge in [0.1, 0.15) is 10.4 Å². The van der Waals surface area contributed by atoms with Gasteiger partial charge in [-0.3, -0.25) is 9.38 Å². The summed E-state index contributed by atoms with van der Waals surface area (Å²) in [5.41, 5.74) is 1.00. The van der Waals surface area contributed by atoms with E-state index in [4.69, 9.17) is 0 Å². The summed E-state index contributed by atoms with van der Waals surface area (Å²) in [6, 6.07) is 0. The molecular weight excluding hydrogens is 206 g/mol. The molecule has 0 atom stereocenters. The van der Waals surface area contributed by atoms with Crippen molar-refractivity contribution in [3.63, 3.8) is 0 Å². The third-order valence-corrected chi connectivity index (χ3v) is 2.16. The topological polar surface area (TPSA) is 30.2 Å². The van der Waals surface area contributed by atoms with E-state index in [0.717, 1.165) is 15.9 Å². The first kappa shape index (κ1) is 6.79. The Morgan fingerprint density at radius 2 is 2.36 bits per heavy atom. The van der Waals surface area contributed by atoms with Crippen LogP contribution in [0.1, 0.15) is 5.82 Å². The molecule has 2 aromatic rings. The molecule has 0 aliphatic rings. The Hall–Kier alpha value is -0.900. The molecule has 0 radical (unpaired) electrons. The van der Waals surface area contributed by atoms with Crippen molar-refractivity contribution in [2.24, 2.45) is 0 Å². The molecule has 11 heavy (non-hydrogen) atoms. The maximum absolute atomic E-state index is 4.23. The molecule has 0 saturated heterocycles. The van der Waals surface area contributed by atoms with Crippen molar-refractivity contribution in [3.05, 3.63) is 29.0 Å². The van der Waals surface area contributed by atoms with Crippen LogP contribution < -0.4 is 0 Å². The first-order valence-electron chi connectivity index (χ1n) is 3.23. The average molecular weight is 212 g/mol. The number of fused-ring (bicyclic) bond motifs is 1. The SMILES string of the molecule is Cc1nc(Br)c2cnccn12. The first-order chi connectivity index (χ1) is 5.29. The fourth-order valence-corrected chi connectivity index (χ4v) is 1.60. The number of hydrogen-bond acceptors (Lipinski definition) is 2. The summed E-state index contributed by atoms with van der Waals surface area (Å²) in [5, 5.41) is 0. The molecule has 0 bridgehead atoms. The molecule has 4 heteroatoms. The van der Waals surface area contributed by atoms with Crippen molar-refractivity contribution in [2.45, 2.75) is 6.92 Å². The van der Waals surface area contributed by atoms with E-state index in [1.54, 1.807) is 12.4 Å². The minimum atomic E-state index is 0.850. The van der Waals surface area contributed by atoms with Crippen molar-refractivity contribution in [2.75, 3.05) is 0 Å². The van der Waals surface area contributed by atoms with Crippen LogP contribution in [0.3, 0.4) is 0 Å². The van der Waals surface area contributed by atoms with Gasteiger partial charge >= 0.3 is 0 Å². The maximum Gasteiger partial charge on any atom is 0.133 e. The molecule has 56 valence electrons. The first-order valence-corrected chi connectivity index (χ1v) is 4.02. The highest BCUT2D eigenvalue weighted by atomic mass is 79.9. The lowest BCUT2D eigenvalue weighted by atomic mass is 10.6. The van der Waals surface area contributed by atoms with Crippen molar-refractivity contribution in [1.29, 1.82) is 0 Å². The van der Waals surface area contributed by atoms with Gasteiger partial charge < -0.3 is 0 Å². The fourth-order valence-electron chi connectivity index (χ4n) is 1.05. The lowest BCUT2D eigenvalue weighted by molar-refractivity contribution is 1.03. The summed E-state index contributed by atoms with van der Waals surface area (Å²) in [6.45, 7) is 1.96. The van der Waals surface area contributed by atoms with Gasteiger partial charge in [-0.2, -0.15) is 0 Å². The molecule has 2 aromatic heterocycles. The van der Waals surface area contributed by atoms with Crippen LogP contribution in [0.25, 0.3) is 5.52 Å². The Balaban J connectivity index is 2.95. The number of rotatable bonds is 0. The highest BCUT2D eigenvalue weighted by molar-refractivity contribution is 9.10. The van der Waals surface area contributed by atoms with Gasteiger partial charge in [0.25, 0.3) is 0 Å². The van der Waals surface area contributed by atoms with E-state index in [1.165, 1.54) is 0 Å². The standard InChI is InChI=1S/C7H6BrN3/c1-5-10-7(8)6-4-9-2-3-11(5)6/h2-4H,1H3. The Morgan fingerprint density at radius 1 is 1.55 bits per heavy atom. The van der Waals surface area contributed by atoms with Gasteiger partial charge in [0.2, 0.25) is 0 Å². The van der Waals surface area contributed by atoms with E-state index in [-0.39, 0.29) is 0 Å². The van der Waals surface area contributed by atoms with Gasteiger partial charge in [0.15, 0.2) is 0 Å². The second kappa shape index (κ2) is 2.30. The van der Waals surface area contributed by atoms with Gasteiger partial charge in [-0.1, -0.05) is 0 Å². The second-order valence-electron chi connectivity index (χ2n) is 2.28. The van der Waals surface area contributed by atoms with Crippen LogP contribution in [0, 0.1) is 6.92 Å². The van der Waals surface area contributed by atoms with E-state index in [1.807, 2.05) is 17.5 Å². The zero-order valence-electron chi connectivity index (χ0n) is 5.95. The predicted octanol–water partition coefficient (Wildman–Crippen LogP) is 1.80. The highest BCUT2D eigenvalue weighted by Crippen LogP contribution is 2.16. The summed E-state index contributed by atoms with van der Waals surface area (Å²) in [6.07, 6.45) is 5.42. The highest BCUT2D eigenvalue weighted by Gasteiger charge is 2.02. The third-order valence-electron chi connectivity index (χ3n) is 1.58. The molecule has 2 rings (SSSR count). The fraction of sp³-hybridized carbons (Fsp3) is 0.143. The van der Waals surface area contributed by atoms with Crippen molar-refractivity contribution in [1.82, 2.24) is 14.4 Å². The van der Waals surface area contributed by atoms with Crippen LogP contribution in [0.2, 0.25) is 0 Å². The molecule has 2 heterocycles. The summed E-state index contributed by atoms with van der Waals surface area (Å²) in [7, 11) is 0. The van der Waals surface area contributed by atoms with Gasteiger partial charge in [-0.05, 0) is 22.9 Å². The van der Waals surface area contributed by atoms with E-state index in [2.05, 4.69) is 25.9 Å². The number of imidazole rings is 1. The predicted molar refractivity (Wildman–Crippen MR) is 45.4 cm³/mol. The van der Waals surface area contributed by atoms with Crippen LogP contribution >= 0.6 is 15.9 Å². The third kappa shape index (κ3) is 0.939. The van der Waals surface area contributed by atoms with E-state index < -0.39 is 0 Å². The summed E-state index contributed by atoms with van der Waals surface area (Å²) in [5.74, 6) is 0.967. The number of hydrogen-bond donors (Lipinski definition) is 0. The lowest BCUT2D eigenvalue weighted by Crippen LogP contribution is -1.86. The van der Waals surface area contributed by atoms with Crippen LogP contribution in [-0.2, 0) is 0 Å². The molecule has 3 nitrogen and oxygen atoms in total. The zero-order valence-corrected chi connectivity index (χ0v) is 7.54. The number of halogens is 1. The van der Waals surface area contributed by atoms with Gasteiger partial charge in [0.05, 0.1) is 11.7 Å². The average Bonchev–Trinajstić information content (AvgIpc) is 2.30. The molecule has 0 amide bonds. The minimum Gasteiger partial charge on any atom is -0.300 e. The lowest BCUT2D eigenvalue weighted by Gasteiger charge is -1.91. The van der Waals surface area contributed by atoms with Gasteiger partial charge in [-0.25, -0.2) is 4.98 Å². The van der Waals surface area contributed by atoms with E-state index in [9.17, 15) is 0 Å². The molecule has 0 saturated carbocycles. The molecular formula is C7H6BrN3. The van der Waals surface area contributed by atoms with Gasteiger partial charge in [0, 0.05) is 12.4 Å². The number of nitrogens with zero attached hydrogens (tertiary/aromatic N) is 3. The van der Waals surface area contributed by atoms with Gasteiger partial charge in [-0.15, -0.1) is 0 Å². The largest absolute Gasteiger partial charge is 0.300 e. The summed E-state index contributed by atoms with van der Waals surface area (Å²) < 4.78 is 2.83. The Morgan fingerprint density at radius 3 is 3.09 bits per heavy atom. The molecule has 0 N–H and O–H groups in total. The smallest absolute Gasteiger partial charge is 0.133 e. The van der Waals surface area contributed by atoms with E-state index in [0.29, 0.717) is 0 Å². The number of aryl methyl sites for hydroxylation is 1. The molecule has 0 aromatic carbocycles. The quantitative estimate of drug-likeness (QED) is 0.666. The maximum atomic E-state index is 4.23. The van der Waals surface area contributed by atoms with Crippen molar-refractivity contribution >= 4 is 21.4 Å². The summed E-state index contributed by atoms with van der Waals surface area (Å²) in [4.78, 5) is 8.23. The molecule has 0 aliphatic carbocycles. The second-order valence-corrected chi connectivity index (χ2v) is 3.03. The Bertz CT molecular complexity index is 357. The van der Waals surface area contributed by atoms with E-state index >= 15 is 0 Å². The van der Waals surface area contributed by atoms with Crippen LogP contribution in [0.5, 0.6) is 0 Å². The Kier molecular flexibility index (Phi) is 1.42. The Labute approximate surface area is 72.2 Å². The number of aromatic nitrogens is 3. The van der Waals surface area contributed by atoms with Crippen molar-refractivity contribution < 1.29 is 0 Å². The molecule has 0 unspecified atom stereocenters. The minimum absolute atomic E-state index is 0.850. The van der Waals surface area contributed by atoms with Crippen LogP contribution in [0.15, 0.2) is 23.2 Å².